The summed E-state index contributed by atoms with van der Waals surface area (Å²) < 4.78 is 49.0. The molecule has 0 heterocycles. The van der Waals surface area contributed by atoms with Crippen LogP contribution in [0.1, 0.15) is 12.8 Å². The largest absolute Gasteiger partial charge is 0.381 e. The number of halogens is 8. The van der Waals surface area contributed by atoms with Gasteiger partial charge in [0.1, 0.15) is 0 Å². The molecule has 0 atom stereocenters. The van der Waals surface area contributed by atoms with Gasteiger partial charge < -0.3 is 4.74 Å². The predicted molar refractivity (Wildman–Crippen MR) is 60.9 cm³/mol. The summed E-state index contributed by atoms with van der Waals surface area (Å²) >= 11 is 21.0. The molecule has 9 heteroatoms. The van der Waals surface area contributed by atoms with E-state index < -0.39 is 21.5 Å². The highest BCUT2D eigenvalue weighted by atomic mass is 35.5. The molecule has 0 fully saturated rings. The lowest BCUT2D eigenvalue weighted by atomic mass is 10.3. The van der Waals surface area contributed by atoms with Gasteiger partial charge in [-0.25, -0.2) is 17.6 Å². The van der Waals surface area contributed by atoms with Crippen LogP contribution in [-0.4, -0.2) is 34.7 Å². The third-order valence-corrected chi connectivity index (χ3v) is 3.21. The van der Waals surface area contributed by atoms with Gasteiger partial charge in [0.2, 0.25) is 0 Å². The molecule has 0 radical (unpaired) electrons. The maximum Gasteiger partial charge on any atom is 0.271 e. The van der Waals surface area contributed by atoms with Gasteiger partial charge in [-0.2, -0.15) is 0 Å². The van der Waals surface area contributed by atoms with Crippen LogP contribution in [0.4, 0.5) is 17.6 Å². The second-order valence-corrected chi connectivity index (χ2v) is 6.32. The molecule has 0 aromatic rings. The van der Waals surface area contributed by atoms with Gasteiger partial charge in [0.15, 0.2) is 8.67 Å². The number of hydrogen-bond donors (Lipinski definition) is 0. The van der Waals surface area contributed by atoms with Crippen LogP contribution in [0.2, 0.25) is 0 Å². The molecule has 0 aliphatic heterocycles. The predicted octanol–water partition coefficient (Wildman–Crippen LogP) is 4.66. The molecule has 1 nitrogen and oxygen atoms in total. The quantitative estimate of drug-likeness (QED) is 0.355. The maximum absolute atomic E-state index is 12.2. The Labute approximate surface area is 116 Å². The fourth-order valence-electron chi connectivity index (χ4n) is 0.737. The maximum atomic E-state index is 12.2. The molecule has 104 valence electrons. The lowest BCUT2D eigenvalue weighted by Crippen LogP contribution is -2.27. The zero-order chi connectivity index (χ0) is 13.7. The summed E-state index contributed by atoms with van der Waals surface area (Å²) in [5, 5.41) is 0. The van der Waals surface area contributed by atoms with E-state index >= 15 is 0 Å². The standard InChI is InChI=1S/C8H10Cl4F4O/c9-7(10,5(13)14)1-3-17-4-2-8(11,12)6(15)16/h5-6H,1-4H2. The first-order chi connectivity index (χ1) is 7.59. The first-order valence-corrected chi connectivity index (χ1v) is 6.00. The molecule has 0 rings (SSSR count). The van der Waals surface area contributed by atoms with Gasteiger partial charge in [0, 0.05) is 26.1 Å². The number of hydrogen-bond acceptors (Lipinski definition) is 1. The van der Waals surface area contributed by atoms with Gasteiger partial charge >= 0.3 is 0 Å². The van der Waals surface area contributed by atoms with Crippen LogP contribution in [0.5, 0.6) is 0 Å². The van der Waals surface area contributed by atoms with Crippen molar-refractivity contribution in [1.82, 2.24) is 0 Å². The molecular weight excluding hydrogens is 330 g/mol. The van der Waals surface area contributed by atoms with E-state index in [1.165, 1.54) is 0 Å². The van der Waals surface area contributed by atoms with Crippen LogP contribution in [-0.2, 0) is 4.74 Å². The van der Waals surface area contributed by atoms with Crippen molar-refractivity contribution in [2.24, 2.45) is 0 Å². The van der Waals surface area contributed by atoms with Gasteiger partial charge in [-0.15, -0.1) is 0 Å². The Morgan fingerprint density at radius 2 is 1.06 bits per heavy atom. The van der Waals surface area contributed by atoms with E-state index in [9.17, 15) is 17.6 Å². The van der Waals surface area contributed by atoms with Crippen LogP contribution >= 0.6 is 46.4 Å². The van der Waals surface area contributed by atoms with Crippen molar-refractivity contribution >= 4 is 46.4 Å². The summed E-state index contributed by atoms with van der Waals surface area (Å²) in [7, 11) is 0. The monoisotopic (exact) mass is 338 g/mol. The highest BCUT2D eigenvalue weighted by molar-refractivity contribution is 6.49. The molecule has 0 unspecified atom stereocenters. The number of alkyl halides is 8. The Hall–Kier alpha value is 0.840. The van der Waals surface area contributed by atoms with Crippen molar-refractivity contribution in [1.29, 1.82) is 0 Å². The summed E-state index contributed by atoms with van der Waals surface area (Å²) in [6.07, 6.45) is -6.51. The van der Waals surface area contributed by atoms with Gasteiger partial charge in [0.25, 0.3) is 12.9 Å². The normalized spacial score (nSPS) is 13.8. The lowest BCUT2D eigenvalue weighted by molar-refractivity contribution is 0.0695. The molecule has 0 aromatic carbocycles. The summed E-state index contributed by atoms with van der Waals surface area (Å²) in [6.45, 7) is -0.408. The van der Waals surface area contributed by atoms with Crippen LogP contribution in [0.15, 0.2) is 0 Å². The van der Waals surface area contributed by atoms with Crippen LogP contribution in [0.25, 0.3) is 0 Å². The van der Waals surface area contributed by atoms with E-state index in [-0.39, 0.29) is 26.1 Å². The third-order valence-electron chi connectivity index (χ3n) is 1.80. The second kappa shape index (κ2) is 7.43. The smallest absolute Gasteiger partial charge is 0.271 e. The van der Waals surface area contributed by atoms with Gasteiger partial charge in [-0.05, 0) is 0 Å². The lowest BCUT2D eigenvalue weighted by Gasteiger charge is -2.20. The topological polar surface area (TPSA) is 9.23 Å². The van der Waals surface area contributed by atoms with Crippen LogP contribution < -0.4 is 0 Å². The van der Waals surface area contributed by atoms with Crippen molar-refractivity contribution in [2.75, 3.05) is 13.2 Å². The highest BCUT2D eigenvalue weighted by Crippen LogP contribution is 2.34. The van der Waals surface area contributed by atoms with Gasteiger partial charge in [-0.3, -0.25) is 0 Å². The molecule has 0 saturated heterocycles. The average molecular weight is 340 g/mol. The zero-order valence-electron chi connectivity index (χ0n) is 8.42. The van der Waals surface area contributed by atoms with Gasteiger partial charge in [0.05, 0.1) is 0 Å². The molecule has 0 aliphatic rings. The molecule has 0 N–H and O–H groups in total. The molecule has 0 aromatic heterocycles. The third kappa shape index (κ3) is 7.11. The molecule has 0 bridgehead atoms. The SMILES string of the molecule is FC(F)C(Cl)(Cl)CCOCCC(Cl)(Cl)C(F)F. The first kappa shape index (κ1) is 17.8. The number of rotatable bonds is 8. The number of ether oxygens (including phenoxy) is 1. The minimum absolute atomic E-state index is 0.204. The highest BCUT2D eigenvalue weighted by Gasteiger charge is 2.36. The van der Waals surface area contributed by atoms with E-state index in [4.69, 9.17) is 51.1 Å². The second-order valence-electron chi connectivity index (χ2n) is 3.24. The van der Waals surface area contributed by atoms with Crippen molar-refractivity contribution in [3.8, 4) is 0 Å². The summed E-state index contributed by atoms with van der Waals surface area (Å²) in [4.78, 5) is 0. The summed E-state index contributed by atoms with van der Waals surface area (Å²) in [5.74, 6) is 0. The van der Waals surface area contributed by atoms with E-state index in [1.54, 1.807) is 0 Å². The average Bonchev–Trinajstić information content (AvgIpc) is 2.16. The molecule has 0 aliphatic carbocycles. The Kier molecular flexibility index (Phi) is 7.80. The first-order valence-electron chi connectivity index (χ1n) is 4.49. The summed E-state index contributed by atoms with van der Waals surface area (Å²) in [6, 6.07) is 0. The van der Waals surface area contributed by atoms with E-state index in [0.29, 0.717) is 0 Å². The van der Waals surface area contributed by atoms with E-state index in [0.717, 1.165) is 0 Å². The van der Waals surface area contributed by atoms with Gasteiger partial charge in [-0.1, -0.05) is 46.4 Å². The zero-order valence-corrected chi connectivity index (χ0v) is 11.4. The molecule has 0 saturated carbocycles. The van der Waals surface area contributed by atoms with Crippen LogP contribution in [0, 0.1) is 0 Å². The Morgan fingerprint density at radius 1 is 0.765 bits per heavy atom. The summed E-state index contributed by atoms with van der Waals surface area (Å²) in [5.41, 5.74) is 0. The Balaban J connectivity index is 3.74. The fourth-order valence-corrected chi connectivity index (χ4v) is 1.05. The molecule has 17 heavy (non-hydrogen) atoms. The van der Waals surface area contributed by atoms with Crippen LogP contribution in [0.3, 0.4) is 0 Å². The minimum atomic E-state index is -2.92. The Morgan fingerprint density at radius 3 is 1.29 bits per heavy atom. The fraction of sp³-hybridized carbons (Fsp3) is 1.00. The van der Waals surface area contributed by atoms with Crippen molar-refractivity contribution in [2.45, 2.75) is 34.4 Å². The van der Waals surface area contributed by atoms with E-state index in [2.05, 4.69) is 0 Å². The van der Waals surface area contributed by atoms with Crippen molar-refractivity contribution in [3.63, 3.8) is 0 Å². The minimum Gasteiger partial charge on any atom is -0.381 e. The Bertz CT molecular complexity index is 204. The molecule has 0 amide bonds. The molecule has 0 spiro atoms. The van der Waals surface area contributed by atoms with Crippen molar-refractivity contribution < 1.29 is 22.3 Å². The van der Waals surface area contributed by atoms with Crippen molar-refractivity contribution in [3.05, 3.63) is 0 Å². The van der Waals surface area contributed by atoms with E-state index in [1.807, 2.05) is 0 Å². The molecular formula is C8H10Cl4F4O.